The van der Waals surface area contributed by atoms with E-state index in [2.05, 4.69) is 11.8 Å². The zero-order valence-corrected chi connectivity index (χ0v) is 12.8. The SMILES string of the molecule is CC(C)(O)C#Cc1cc([N+](=O)[O-])cc2cc(C(C)(C)O)oc12. The molecule has 2 N–H and O–H groups in total. The Labute approximate surface area is 127 Å². The molecule has 6 nitrogen and oxygen atoms in total. The van der Waals surface area contributed by atoms with E-state index in [0.717, 1.165) is 0 Å². The van der Waals surface area contributed by atoms with E-state index in [4.69, 9.17) is 4.42 Å². The van der Waals surface area contributed by atoms with Gasteiger partial charge in [-0.3, -0.25) is 10.1 Å². The quantitative estimate of drug-likeness (QED) is 0.505. The molecule has 0 amide bonds. The van der Waals surface area contributed by atoms with E-state index >= 15 is 0 Å². The van der Waals surface area contributed by atoms with Gasteiger partial charge >= 0.3 is 0 Å². The zero-order valence-electron chi connectivity index (χ0n) is 12.8. The smallest absolute Gasteiger partial charge is 0.271 e. The average Bonchev–Trinajstić information content (AvgIpc) is 2.78. The number of hydrogen-bond acceptors (Lipinski definition) is 5. The Bertz CT molecular complexity index is 794. The van der Waals surface area contributed by atoms with Crippen molar-refractivity contribution in [1.82, 2.24) is 0 Å². The van der Waals surface area contributed by atoms with E-state index in [-0.39, 0.29) is 11.4 Å². The predicted molar refractivity (Wildman–Crippen MR) is 81.3 cm³/mol. The van der Waals surface area contributed by atoms with E-state index in [1.54, 1.807) is 19.9 Å². The van der Waals surface area contributed by atoms with Crippen molar-refractivity contribution >= 4 is 16.7 Å². The minimum Gasteiger partial charge on any atom is -0.457 e. The van der Waals surface area contributed by atoms with Crippen LogP contribution < -0.4 is 0 Å². The molecule has 6 heteroatoms. The summed E-state index contributed by atoms with van der Waals surface area (Å²) >= 11 is 0. The van der Waals surface area contributed by atoms with E-state index in [9.17, 15) is 20.3 Å². The third-order valence-electron chi connectivity index (χ3n) is 2.92. The van der Waals surface area contributed by atoms with Crippen molar-refractivity contribution in [3.05, 3.63) is 39.6 Å². The van der Waals surface area contributed by atoms with Crippen LogP contribution in [0.1, 0.15) is 39.0 Å². The summed E-state index contributed by atoms with van der Waals surface area (Å²) in [4.78, 5) is 10.5. The fraction of sp³-hybridized carbons (Fsp3) is 0.375. The number of benzene rings is 1. The molecule has 1 aromatic carbocycles. The highest BCUT2D eigenvalue weighted by Crippen LogP contribution is 2.32. The first-order chi connectivity index (χ1) is 9.97. The van der Waals surface area contributed by atoms with Crippen LogP contribution in [-0.4, -0.2) is 20.7 Å². The standard InChI is InChI=1S/C16H17NO5/c1-15(2,18)6-5-10-7-12(17(20)21)8-11-9-13(16(3,4)19)22-14(10)11/h7-9,18-19H,1-4H3. The molecule has 0 saturated heterocycles. The fourth-order valence-electron chi connectivity index (χ4n) is 1.86. The molecule has 116 valence electrons. The summed E-state index contributed by atoms with van der Waals surface area (Å²) in [5.74, 6) is 5.60. The molecule has 0 unspecified atom stereocenters. The highest BCUT2D eigenvalue weighted by molar-refractivity contribution is 5.86. The molecular formula is C16H17NO5. The topological polar surface area (TPSA) is 96.7 Å². The summed E-state index contributed by atoms with van der Waals surface area (Å²) in [6.07, 6.45) is 0. The minimum atomic E-state index is -1.23. The third kappa shape index (κ3) is 3.45. The van der Waals surface area contributed by atoms with Crippen molar-refractivity contribution < 1.29 is 19.6 Å². The number of furan rings is 1. The summed E-state index contributed by atoms with van der Waals surface area (Å²) in [5, 5.41) is 31.2. The monoisotopic (exact) mass is 303 g/mol. The number of rotatable bonds is 2. The van der Waals surface area contributed by atoms with Crippen molar-refractivity contribution in [3.8, 4) is 11.8 Å². The Balaban J connectivity index is 2.73. The largest absolute Gasteiger partial charge is 0.457 e. The average molecular weight is 303 g/mol. The summed E-state index contributed by atoms with van der Waals surface area (Å²) in [5.41, 5.74) is -1.94. The summed E-state index contributed by atoms with van der Waals surface area (Å²) in [6.45, 7) is 6.14. The van der Waals surface area contributed by atoms with Crippen LogP contribution >= 0.6 is 0 Å². The highest BCUT2D eigenvalue weighted by Gasteiger charge is 2.23. The molecule has 22 heavy (non-hydrogen) atoms. The maximum atomic E-state index is 11.0. The van der Waals surface area contributed by atoms with Crippen LogP contribution in [0.2, 0.25) is 0 Å². The maximum absolute atomic E-state index is 11.0. The van der Waals surface area contributed by atoms with Crippen molar-refractivity contribution in [2.75, 3.05) is 0 Å². The molecule has 1 aromatic heterocycles. The van der Waals surface area contributed by atoms with Gasteiger partial charge in [-0.1, -0.05) is 11.8 Å². The Morgan fingerprint density at radius 1 is 1.18 bits per heavy atom. The number of non-ortho nitro benzene ring substituents is 1. The first kappa shape index (κ1) is 16.0. The summed E-state index contributed by atoms with van der Waals surface area (Å²) < 4.78 is 5.61. The van der Waals surface area contributed by atoms with E-state index in [0.29, 0.717) is 16.5 Å². The van der Waals surface area contributed by atoms with Gasteiger partial charge in [0.1, 0.15) is 17.0 Å². The van der Waals surface area contributed by atoms with Crippen molar-refractivity contribution in [2.45, 2.75) is 38.9 Å². The van der Waals surface area contributed by atoms with Gasteiger partial charge in [-0.15, -0.1) is 0 Å². The second-order valence-electron chi connectivity index (χ2n) is 6.15. The molecule has 2 rings (SSSR count). The molecule has 0 aliphatic carbocycles. The van der Waals surface area contributed by atoms with Crippen LogP contribution in [0.4, 0.5) is 5.69 Å². The van der Waals surface area contributed by atoms with E-state index in [1.807, 2.05) is 0 Å². The maximum Gasteiger partial charge on any atom is 0.271 e. The zero-order chi connectivity index (χ0) is 16.7. The van der Waals surface area contributed by atoms with Gasteiger partial charge in [0.2, 0.25) is 0 Å². The Morgan fingerprint density at radius 3 is 2.32 bits per heavy atom. The van der Waals surface area contributed by atoms with Gasteiger partial charge in [0, 0.05) is 17.5 Å². The molecule has 0 saturated carbocycles. The highest BCUT2D eigenvalue weighted by atomic mass is 16.6. The van der Waals surface area contributed by atoms with Gasteiger partial charge in [-0.25, -0.2) is 0 Å². The van der Waals surface area contributed by atoms with Gasteiger partial charge in [-0.2, -0.15) is 0 Å². The third-order valence-corrected chi connectivity index (χ3v) is 2.92. The molecule has 1 heterocycles. The number of nitro groups is 1. The van der Waals surface area contributed by atoms with Crippen LogP contribution in [-0.2, 0) is 5.60 Å². The lowest BCUT2D eigenvalue weighted by Gasteiger charge is -2.12. The lowest BCUT2D eigenvalue weighted by molar-refractivity contribution is -0.384. The number of fused-ring (bicyclic) bond motifs is 1. The molecule has 0 bridgehead atoms. The molecule has 0 aliphatic rings. The molecule has 2 aromatic rings. The first-order valence-corrected chi connectivity index (χ1v) is 6.68. The van der Waals surface area contributed by atoms with Crippen LogP contribution in [0, 0.1) is 22.0 Å². The second kappa shape index (κ2) is 5.13. The van der Waals surface area contributed by atoms with Crippen molar-refractivity contribution in [3.63, 3.8) is 0 Å². The van der Waals surface area contributed by atoms with Gasteiger partial charge in [-0.05, 0) is 33.8 Å². The minimum absolute atomic E-state index is 0.129. The van der Waals surface area contributed by atoms with Gasteiger partial charge in [0.25, 0.3) is 5.69 Å². The van der Waals surface area contributed by atoms with Crippen LogP contribution in [0.5, 0.6) is 0 Å². The normalized spacial score (nSPS) is 12.1. The lowest BCUT2D eigenvalue weighted by atomic mass is 10.1. The Kier molecular flexibility index (Phi) is 3.73. The predicted octanol–water partition coefficient (Wildman–Crippen LogP) is 2.69. The molecule has 0 radical (unpaired) electrons. The molecule has 0 spiro atoms. The van der Waals surface area contributed by atoms with E-state index < -0.39 is 16.1 Å². The van der Waals surface area contributed by atoms with Crippen LogP contribution in [0.15, 0.2) is 22.6 Å². The fourth-order valence-corrected chi connectivity index (χ4v) is 1.86. The second-order valence-corrected chi connectivity index (χ2v) is 6.15. The molecule has 0 atom stereocenters. The number of aliphatic hydroxyl groups is 2. The van der Waals surface area contributed by atoms with Crippen molar-refractivity contribution in [1.29, 1.82) is 0 Å². The van der Waals surface area contributed by atoms with Crippen LogP contribution in [0.3, 0.4) is 0 Å². The summed E-state index contributed by atoms with van der Waals surface area (Å²) in [6, 6.07) is 4.21. The van der Waals surface area contributed by atoms with Crippen molar-refractivity contribution in [2.24, 2.45) is 0 Å². The van der Waals surface area contributed by atoms with Gasteiger partial charge < -0.3 is 14.6 Å². The molecular weight excluding hydrogens is 286 g/mol. The van der Waals surface area contributed by atoms with E-state index in [1.165, 1.54) is 26.0 Å². The van der Waals surface area contributed by atoms with Gasteiger partial charge in [0.05, 0.1) is 10.5 Å². The first-order valence-electron chi connectivity index (χ1n) is 6.68. The van der Waals surface area contributed by atoms with Gasteiger partial charge in [0.15, 0.2) is 5.58 Å². The number of nitrogens with zero attached hydrogens (tertiary/aromatic N) is 1. The summed E-state index contributed by atoms with van der Waals surface area (Å²) in [7, 11) is 0. The molecule has 0 fully saturated rings. The Morgan fingerprint density at radius 2 is 1.82 bits per heavy atom. The Hall–Kier alpha value is -2.36. The number of nitro benzene ring substituents is 1. The molecule has 0 aliphatic heterocycles. The van der Waals surface area contributed by atoms with Crippen LogP contribution in [0.25, 0.3) is 11.0 Å². The number of hydrogen-bond donors (Lipinski definition) is 2. The lowest BCUT2D eigenvalue weighted by Crippen LogP contribution is -2.14.